The lowest BCUT2D eigenvalue weighted by Gasteiger charge is -2.24. The molecule has 41 heavy (non-hydrogen) atoms. The number of fused-ring (bicyclic) bond motifs is 3. The second kappa shape index (κ2) is 14.5. The van der Waals surface area contributed by atoms with E-state index in [2.05, 4.69) is 29.2 Å². The number of hydrogen-bond acceptors (Lipinski definition) is 9. The minimum atomic E-state index is -0.813. The summed E-state index contributed by atoms with van der Waals surface area (Å²) >= 11 is 0. The second-order valence-corrected chi connectivity index (χ2v) is 13.1. The van der Waals surface area contributed by atoms with Crippen LogP contribution in [0.15, 0.2) is 78.0 Å². The van der Waals surface area contributed by atoms with Crippen molar-refractivity contribution in [2.45, 2.75) is 56.6 Å². The van der Waals surface area contributed by atoms with E-state index in [4.69, 9.17) is 14.2 Å². The van der Waals surface area contributed by atoms with Gasteiger partial charge in [0.25, 0.3) is 0 Å². The lowest BCUT2D eigenvalue weighted by Crippen LogP contribution is -2.31. The highest BCUT2D eigenvalue weighted by Crippen LogP contribution is 2.44. The van der Waals surface area contributed by atoms with Gasteiger partial charge in [-0.05, 0) is 72.4 Å². The molecule has 0 saturated heterocycles. The van der Waals surface area contributed by atoms with Crippen molar-refractivity contribution in [2.24, 2.45) is 5.92 Å². The number of carbonyl (C=O) groups excluding carboxylic acids is 3. The minimum Gasteiger partial charge on any atom is -0.465 e. The van der Waals surface area contributed by atoms with Crippen molar-refractivity contribution < 1.29 is 28.6 Å². The highest BCUT2D eigenvalue weighted by atomic mass is 33.1. The van der Waals surface area contributed by atoms with Crippen LogP contribution in [0, 0.1) is 5.92 Å². The fourth-order valence-electron chi connectivity index (χ4n) is 4.62. The smallest absolute Gasteiger partial charge is 0.310 e. The summed E-state index contributed by atoms with van der Waals surface area (Å²) in [5.41, 5.74) is 3.79. The Kier molecular flexibility index (Phi) is 10.9. The Morgan fingerprint density at radius 2 is 1.54 bits per heavy atom. The van der Waals surface area contributed by atoms with E-state index in [9.17, 15) is 14.4 Å². The standard InChI is InChI=1S/C32H35NO6S2/c1-32(2,3)39-31(36)22(15-16-29(34)37-18-19-40-41-28-14-8-9-17-33-28)20-30(35)38-21-27-25-12-6-4-10-23(25)24-11-5-7-13-26(24)27/h4-14,17,22,27H,15-16,18-21H2,1-3H3. The molecule has 0 aliphatic heterocycles. The Hall–Kier alpha value is -3.30. The highest BCUT2D eigenvalue weighted by Gasteiger charge is 2.31. The van der Waals surface area contributed by atoms with Crippen molar-refractivity contribution in [1.82, 2.24) is 4.98 Å². The van der Waals surface area contributed by atoms with Crippen molar-refractivity contribution in [3.05, 3.63) is 84.1 Å². The second-order valence-electron chi connectivity index (χ2n) is 10.7. The van der Waals surface area contributed by atoms with Gasteiger partial charge in [0.05, 0.1) is 12.3 Å². The number of rotatable bonds is 13. The van der Waals surface area contributed by atoms with Crippen LogP contribution in [0.1, 0.15) is 57.1 Å². The summed E-state index contributed by atoms with van der Waals surface area (Å²) in [4.78, 5) is 42.5. The summed E-state index contributed by atoms with van der Waals surface area (Å²) < 4.78 is 16.6. The quantitative estimate of drug-likeness (QED) is 0.0913. The van der Waals surface area contributed by atoms with Crippen molar-refractivity contribution in [2.75, 3.05) is 19.0 Å². The molecule has 0 N–H and O–H groups in total. The zero-order valence-corrected chi connectivity index (χ0v) is 25.2. The number of esters is 3. The van der Waals surface area contributed by atoms with Gasteiger partial charge < -0.3 is 14.2 Å². The molecule has 0 saturated carbocycles. The number of nitrogens with zero attached hydrogens (tertiary/aromatic N) is 1. The molecule has 1 heterocycles. The number of pyridine rings is 1. The summed E-state index contributed by atoms with van der Waals surface area (Å²) in [7, 11) is 3.06. The molecular weight excluding hydrogens is 558 g/mol. The SMILES string of the molecule is CC(C)(C)OC(=O)C(CCC(=O)OCCSSc1ccccn1)CC(=O)OCC1c2ccccc2-c2ccccc21. The maximum atomic E-state index is 13.0. The molecule has 1 aromatic heterocycles. The number of ether oxygens (including phenoxy) is 3. The van der Waals surface area contributed by atoms with E-state index >= 15 is 0 Å². The van der Waals surface area contributed by atoms with Crippen LogP contribution in [0.3, 0.4) is 0 Å². The van der Waals surface area contributed by atoms with Crippen molar-refractivity contribution >= 4 is 39.5 Å². The van der Waals surface area contributed by atoms with Gasteiger partial charge in [-0.25, -0.2) is 4.98 Å². The van der Waals surface area contributed by atoms with Crippen LogP contribution in [-0.4, -0.2) is 47.5 Å². The fourth-order valence-corrected chi connectivity index (χ4v) is 6.32. The van der Waals surface area contributed by atoms with Crippen molar-refractivity contribution in [1.29, 1.82) is 0 Å². The molecule has 0 amide bonds. The van der Waals surface area contributed by atoms with Crippen molar-refractivity contribution in [3.8, 4) is 11.1 Å². The van der Waals surface area contributed by atoms with Crippen LogP contribution in [0.25, 0.3) is 11.1 Å². The largest absolute Gasteiger partial charge is 0.465 e. The van der Waals surface area contributed by atoms with Gasteiger partial charge in [-0.2, -0.15) is 0 Å². The Bertz CT molecular complexity index is 1300. The predicted octanol–water partition coefficient (Wildman–Crippen LogP) is 6.85. The number of hydrogen-bond donors (Lipinski definition) is 0. The van der Waals surface area contributed by atoms with Gasteiger partial charge in [-0.15, -0.1) is 0 Å². The van der Waals surface area contributed by atoms with Crippen LogP contribution >= 0.6 is 21.6 Å². The molecule has 0 bridgehead atoms. The number of carbonyl (C=O) groups is 3. The van der Waals surface area contributed by atoms with E-state index in [1.807, 2.05) is 42.5 Å². The van der Waals surface area contributed by atoms with Gasteiger partial charge in [-0.3, -0.25) is 14.4 Å². The summed E-state index contributed by atoms with van der Waals surface area (Å²) in [6.07, 6.45) is 1.69. The molecule has 1 aliphatic rings. The first-order valence-corrected chi connectivity index (χ1v) is 16.0. The molecule has 1 aliphatic carbocycles. The van der Waals surface area contributed by atoms with Gasteiger partial charge in [0.15, 0.2) is 0 Å². The van der Waals surface area contributed by atoms with Gasteiger partial charge in [-0.1, -0.05) is 65.4 Å². The lowest BCUT2D eigenvalue weighted by atomic mass is 9.97. The van der Waals surface area contributed by atoms with Gasteiger partial charge in [0.1, 0.15) is 23.8 Å². The highest BCUT2D eigenvalue weighted by molar-refractivity contribution is 8.76. The third kappa shape index (κ3) is 9.10. The maximum absolute atomic E-state index is 13.0. The number of benzene rings is 2. The van der Waals surface area contributed by atoms with E-state index in [0.29, 0.717) is 5.75 Å². The summed E-state index contributed by atoms with van der Waals surface area (Å²) in [6.45, 7) is 5.72. The fraction of sp³-hybridized carbons (Fsp3) is 0.375. The Morgan fingerprint density at radius 3 is 2.17 bits per heavy atom. The Balaban J connectivity index is 1.28. The molecule has 2 aromatic carbocycles. The van der Waals surface area contributed by atoms with Crippen LogP contribution in [-0.2, 0) is 28.6 Å². The van der Waals surface area contributed by atoms with Crippen LogP contribution < -0.4 is 0 Å². The van der Waals surface area contributed by atoms with Crippen LogP contribution in [0.5, 0.6) is 0 Å². The first-order valence-electron chi connectivity index (χ1n) is 13.6. The Labute approximate surface area is 249 Å². The van der Waals surface area contributed by atoms with E-state index in [0.717, 1.165) is 27.3 Å². The molecule has 3 aromatic rings. The van der Waals surface area contributed by atoms with Gasteiger partial charge in [0.2, 0.25) is 0 Å². The molecular formula is C32H35NO6S2. The zero-order chi connectivity index (χ0) is 29.2. The molecule has 7 nitrogen and oxygen atoms in total. The predicted molar refractivity (Wildman–Crippen MR) is 161 cm³/mol. The average molecular weight is 594 g/mol. The van der Waals surface area contributed by atoms with Crippen molar-refractivity contribution in [3.63, 3.8) is 0 Å². The molecule has 0 spiro atoms. The first kappa shape index (κ1) is 30.7. The molecule has 0 radical (unpaired) electrons. The summed E-state index contributed by atoms with van der Waals surface area (Å²) in [5.74, 6) is -1.74. The normalized spacial score (nSPS) is 13.1. The summed E-state index contributed by atoms with van der Waals surface area (Å²) in [5, 5.41) is 0.886. The average Bonchev–Trinajstić information content (AvgIpc) is 3.27. The molecule has 1 atom stereocenters. The van der Waals surface area contributed by atoms with Gasteiger partial charge in [0, 0.05) is 24.3 Å². The summed E-state index contributed by atoms with van der Waals surface area (Å²) in [6, 6.07) is 21.9. The Morgan fingerprint density at radius 1 is 0.878 bits per heavy atom. The van der Waals surface area contributed by atoms with Crippen LogP contribution in [0.4, 0.5) is 0 Å². The van der Waals surface area contributed by atoms with Crippen LogP contribution in [0.2, 0.25) is 0 Å². The first-order chi connectivity index (χ1) is 19.7. The number of aromatic nitrogens is 1. The zero-order valence-electron chi connectivity index (χ0n) is 23.5. The molecule has 216 valence electrons. The van der Waals surface area contributed by atoms with E-state index in [1.165, 1.54) is 10.8 Å². The lowest BCUT2D eigenvalue weighted by molar-refractivity contribution is -0.164. The molecule has 1 unspecified atom stereocenters. The molecule has 9 heteroatoms. The van der Waals surface area contributed by atoms with E-state index in [-0.39, 0.29) is 38.4 Å². The molecule has 0 fully saturated rings. The maximum Gasteiger partial charge on any atom is 0.310 e. The van der Waals surface area contributed by atoms with E-state index < -0.39 is 29.4 Å². The molecule has 4 rings (SSSR count). The third-order valence-electron chi connectivity index (χ3n) is 6.44. The van der Waals surface area contributed by atoms with Gasteiger partial charge >= 0.3 is 17.9 Å². The minimum absolute atomic E-state index is 0.00137. The monoisotopic (exact) mass is 593 g/mol. The third-order valence-corrected chi connectivity index (χ3v) is 8.66. The topological polar surface area (TPSA) is 91.8 Å². The van der Waals surface area contributed by atoms with E-state index in [1.54, 1.807) is 37.8 Å².